The molecular weight excluding hydrogens is 374 g/mol. The Kier molecular flexibility index (Phi) is 4.74. The van der Waals surface area contributed by atoms with Crippen LogP contribution in [-0.4, -0.2) is 55.1 Å². The number of furan rings is 1. The summed E-state index contributed by atoms with van der Waals surface area (Å²) in [6, 6.07) is 3.41. The number of carbonyl (C=O) groups is 1. The summed E-state index contributed by atoms with van der Waals surface area (Å²) in [6.45, 7) is 5.65. The Morgan fingerprint density at radius 1 is 1.29 bits per heavy atom. The largest absolute Gasteiger partial charge is 0.459 e. The minimum atomic E-state index is -0.141. The van der Waals surface area contributed by atoms with Gasteiger partial charge >= 0.3 is 0 Å². The molecule has 5 rings (SSSR count). The monoisotopic (exact) mass is 398 g/mol. The van der Waals surface area contributed by atoms with Crippen LogP contribution >= 0.6 is 11.3 Å². The number of quaternary nitrogens is 1. The van der Waals surface area contributed by atoms with Crippen molar-refractivity contribution < 1.29 is 14.1 Å². The van der Waals surface area contributed by atoms with Gasteiger partial charge in [-0.2, -0.15) is 0 Å². The van der Waals surface area contributed by atoms with E-state index in [1.165, 1.54) is 39.8 Å². The van der Waals surface area contributed by atoms with Gasteiger partial charge in [0.2, 0.25) is 0 Å². The van der Waals surface area contributed by atoms with Crippen LogP contribution in [0.3, 0.4) is 0 Å². The molecule has 2 N–H and O–H groups in total. The molecule has 2 aliphatic rings. The molecular formula is C20H24N5O2S+. The number of nitrogens with one attached hydrogen (secondary N) is 2. The van der Waals surface area contributed by atoms with Crippen molar-refractivity contribution in [2.45, 2.75) is 19.3 Å². The van der Waals surface area contributed by atoms with E-state index in [1.54, 1.807) is 18.5 Å². The molecule has 0 aromatic carbocycles. The van der Waals surface area contributed by atoms with Crippen molar-refractivity contribution in [1.29, 1.82) is 0 Å². The van der Waals surface area contributed by atoms with Crippen LogP contribution in [-0.2, 0) is 12.8 Å². The number of piperazine rings is 1. The van der Waals surface area contributed by atoms with Crippen LogP contribution in [0.2, 0.25) is 0 Å². The molecule has 8 heteroatoms. The highest BCUT2D eigenvalue weighted by Gasteiger charge is 2.26. The first-order valence-electron chi connectivity index (χ1n) is 9.95. The molecule has 1 fully saturated rings. The zero-order valence-corrected chi connectivity index (χ0v) is 16.6. The summed E-state index contributed by atoms with van der Waals surface area (Å²) < 4.78 is 5.12. The lowest BCUT2D eigenvalue weighted by Gasteiger charge is -2.33. The molecule has 7 nitrogen and oxygen atoms in total. The van der Waals surface area contributed by atoms with E-state index in [2.05, 4.69) is 20.2 Å². The zero-order valence-electron chi connectivity index (χ0n) is 15.7. The molecule has 3 aromatic heterocycles. The first-order chi connectivity index (χ1) is 13.8. The fraction of sp³-hybridized carbons (Fsp3) is 0.450. The van der Waals surface area contributed by atoms with Crippen molar-refractivity contribution in [2.24, 2.45) is 0 Å². The zero-order chi connectivity index (χ0) is 18.9. The van der Waals surface area contributed by atoms with Crippen LogP contribution in [0, 0.1) is 0 Å². The maximum absolute atomic E-state index is 11.9. The fourth-order valence-electron chi connectivity index (χ4n) is 4.28. The van der Waals surface area contributed by atoms with Crippen LogP contribution in [0.15, 0.2) is 29.1 Å². The summed E-state index contributed by atoms with van der Waals surface area (Å²) >= 11 is 1.85. The number of aryl methyl sites for hydroxylation is 2. The fourth-order valence-corrected chi connectivity index (χ4v) is 5.51. The number of hydrogen-bond donors (Lipinski definition) is 2. The van der Waals surface area contributed by atoms with Crippen molar-refractivity contribution in [3.05, 3.63) is 40.9 Å². The number of carbonyl (C=O) groups excluding carboxylic acids is 1. The van der Waals surface area contributed by atoms with E-state index in [4.69, 9.17) is 4.42 Å². The Morgan fingerprint density at radius 2 is 2.18 bits per heavy atom. The molecule has 1 aliphatic carbocycles. The predicted molar refractivity (Wildman–Crippen MR) is 108 cm³/mol. The number of amides is 1. The van der Waals surface area contributed by atoms with E-state index < -0.39 is 0 Å². The quantitative estimate of drug-likeness (QED) is 0.668. The number of anilines is 1. The van der Waals surface area contributed by atoms with Gasteiger partial charge in [0, 0.05) is 4.88 Å². The molecule has 0 unspecified atom stereocenters. The van der Waals surface area contributed by atoms with Crippen molar-refractivity contribution in [3.63, 3.8) is 0 Å². The number of hydrogen-bond acceptors (Lipinski definition) is 6. The third kappa shape index (κ3) is 3.27. The molecule has 1 saturated heterocycles. The maximum Gasteiger partial charge on any atom is 0.287 e. The Labute approximate surface area is 167 Å². The highest BCUT2D eigenvalue weighted by atomic mass is 32.1. The Bertz CT molecular complexity index is 976. The second-order valence-electron chi connectivity index (χ2n) is 7.46. The van der Waals surface area contributed by atoms with E-state index in [9.17, 15) is 4.79 Å². The summed E-state index contributed by atoms with van der Waals surface area (Å²) in [6.07, 6.45) is 6.85. The standard InChI is InChI=1S/C20H23N5O2S/c26-19(15-4-2-12-27-15)21-6-7-24-8-10-25(11-9-24)18-17-14-3-1-5-16(14)28-20(17)23-13-22-18/h2,4,12-13H,1,3,5-11H2,(H,21,26)/p+1. The smallest absolute Gasteiger partial charge is 0.287 e. The number of rotatable bonds is 5. The average molecular weight is 399 g/mol. The molecule has 1 aliphatic heterocycles. The van der Waals surface area contributed by atoms with Gasteiger partial charge < -0.3 is 19.5 Å². The lowest BCUT2D eigenvalue weighted by atomic mass is 10.1. The summed E-state index contributed by atoms with van der Waals surface area (Å²) in [7, 11) is 0. The van der Waals surface area contributed by atoms with Crippen LogP contribution in [0.4, 0.5) is 5.82 Å². The van der Waals surface area contributed by atoms with Crippen LogP contribution < -0.4 is 15.1 Å². The molecule has 1 amide bonds. The lowest BCUT2D eigenvalue weighted by molar-refractivity contribution is -0.899. The second kappa shape index (κ2) is 7.52. The third-order valence-corrected chi connectivity index (χ3v) is 6.96. The maximum atomic E-state index is 11.9. The number of thiophene rings is 1. The molecule has 0 saturated carbocycles. The first-order valence-corrected chi connectivity index (χ1v) is 10.8. The Hall–Kier alpha value is -2.45. The van der Waals surface area contributed by atoms with Crippen molar-refractivity contribution in [3.8, 4) is 0 Å². The molecule has 146 valence electrons. The van der Waals surface area contributed by atoms with Gasteiger partial charge in [-0.1, -0.05) is 0 Å². The Morgan fingerprint density at radius 3 is 3.00 bits per heavy atom. The molecule has 0 spiro atoms. The highest BCUT2D eigenvalue weighted by molar-refractivity contribution is 7.19. The minimum absolute atomic E-state index is 0.141. The van der Waals surface area contributed by atoms with E-state index in [-0.39, 0.29) is 5.91 Å². The van der Waals surface area contributed by atoms with Gasteiger partial charge in [-0.25, -0.2) is 9.97 Å². The summed E-state index contributed by atoms with van der Waals surface area (Å²) in [5.41, 5.74) is 1.49. The van der Waals surface area contributed by atoms with Crippen LogP contribution in [0.1, 0.15) is 27.4 Å². The van der Waals surface area contributed by atoms with E-state index in [1.807, 2.05) is 11.3 Å². The van der Waals surface area contributed by atoms with E-state index in [0.717, 1.165) is 49.8 Å². The topological polar surface area (TPSA) is 75.7 Å². The Balaban J connectivity index is 1.19. The normalized spacial score (nSPS) is 17.2. The van der Waals surface area contributed by atoms with Crippen LogP contribution in [0.25, 0.3) is 10.2 Å². The van der Waals surface area contributed by atoms with Gasteiger partial charge in [-0.05, 0) is 37.0 Å². The number of nitrogens with zero attached hydrogens (tertiary/aromatic N) is 3. The van der Waals surface area contributed by atoms with Gasteiger partial charge in [-0.15, -0.1) is 11.3 Å². The molecule has 3 aromatic rings. The van der Waals surface area contributed by atoms with E-state index >= 15 is 0 Å². The van der Waals surface area contributed by atoms with Gasteiger partial charge in [0.15, 0.2) is 5.76 Å². The molecule has 0 bridgehead atoms. The summed E-state index contributed by atoms with van der Waals surface area (Å²) in [5.74, 6) is 1.35. The van der Waals surface area contributed by atoms with Crippen molar-refractivity contribution in [1.82, 2.24) is 15.3 Å². The second-order valence-corrected chi connectivity index (χ2v) is 8.54. The summed E-state index contributed by atoms with van der Waals surface area (Å²) in [5, 5.41) is 4.24. The SMILES string of the molecule is O=C(NCC[NH+]1CCN(c2ncnc3sc4c(c23)CCC4)CC1)c1ccco1. The van der Waals surface area contributed by atoms with Gasteiger partial charge in [0.25, 0.3) is 5.91 Å². The van der Waals surface area contributed by atoms with Gasteiger partial charge in [0.05, 0.1) is 50.9 Å². The lowest BCUT2D eigenvalue weighted by Crippen LogP contribution is -3.15. The molecule has 0 radical (unpaired) electrons. The van der Waals surface area contributed by atoms with Crippen molar-refractivity contribution in [2.75, 3.05) is 44.2 Å². The number of aromatic nitrogens is 2. The van der Waals surface area contributed by atoms with Gasteiger partial charge in [-0.3, -0.25) is 4.79 Å². The van der Waals surface area contributed by atoms with Gasteiger partial charge in [0.1, 0.15) is 17.0 Å². The highest BCUT2D eigenvalue weighted by Crippen LogP contribution is 2.40. The van der Waals surface area contributed by atoms with Crippen LogP contribution in [0.5, 0.6) is 0 Å². The van der Waals surface area contributed by atoms with Crippen molar-refractivity contribution >= 4 is 33.3 Å². The first kappa shape index (κ1) is 17.6. The predicted octanol–water partition coefficient (Wildman–Crippen LogP) is 0.908. The van der Waals surface area contributed by atoms with E-state index in [0.29, 0.717) is 12.3 Å². The molecule has 4 heterocycles. The number of fused-ring (bicyclic) bond motifs is 3. The molecule has 28 heavy (non-hydrogen) atoms. The minimum Gasteiger partial charge on any atom is -0.459 e. The average Bonchev–Trinajstić information content (AvgIpc) is 3.45. The molecule has 0 atom stereocenters. The third-order valence-electron chi connectivity index (χ3n) is 5.76. The summed E-state index contributed by atoms with van der Waals surface area (Å²) in [4.78, 5) is 27.7.